The van der Waals surface area contributed by atoms with Crippen LogP contribution in [0, 0.1) is 11.6 Å². The van der Waals surface area contributed by atoms with Gasteiger partial charge in [-0.2, -0.15) is 0 Å². The van der Waals surface area contributed by atoms with Gasteiger partial charge >= 0.3 is 6.03 Å². The fourth-order valence-electron chi connectivity index (χ4n) is 3.83. The largest absolute Gasteiger partial charge is 0.338 e. The van der Waals surface area contributed by atoms with Crippen LogP contribution < -0.4 is 5.32 Å². The molecular weight excluding hydrogens is 380 g/mol. The molecule has 0 unspecified atom stereocenters. The van der Waals surface area contributed by atoms with Gasteiger partial charge in [-0.25, -0.2) is 13.6 Å². The summed E-state index contributed by atoms with van der Waals surface area (Å²) >= 11 is 0. The number of imide groups is 1. The summed E-state index contributed by atoms with van der Waals surface area (Å²) < 4.78 is 26.5. The number of likely N-dealkylation sites (tertiary alicyclic amines) is 1. The van der Waals surface area contributed by atoms with Crippen molar-refractivity contribution in [3.63, 3.8) is 0 Å². The van der Waals surface area contributed by atoms with Crippen molar-refractivity contribution in [1.82, 2.24) is 15.1 Å². The van der Waals surface area contributed by atoms with Crippen molar-refractivity contribution in [2.45, 2.75) is 24.9 Å². The van der Waals surface area contributed by atoms with Crippen LogP contribution in [-0.4, -0.2) is 46.3 Å². The molecule has 150 valence electrons. The van der Waals surface area contributed by atoms with Crippen LogP contribution in [0.5, 0.6) is 0 Å². The van der Waals surface area contributed by atoms with Gasteiger partial charge in [-0.1, -0.05) is 30.3 Å². The van der Waals surface area contributed by atoms with Crippen LogP contribution >= 0.6 is 0 Å². The Morgan fingerprint density at radius 3 is 2.34 bits per heavy atom. The minimum atomic E-state index is -1.08. The topological polar surface area (TPSA) is 69.7 Å². The lowest BCUT2D eigenvalue weighted by molar-refractivity contribution is -0.133. The Labute approximate surface area is 166 Å². The molecule has 0 saturated carbocycles. The number of carbonyl (C=O) groups excluding carboxylic acids is 3. The highest BCUT2D eigenvalue weighted by Gasteiger charge is 2.52. The lowest BCUT2D eigenvalue weighted by atomic mass is 9.87. The number of hydrogen-bond donors (Lipinski definition) is 1. The molecule has 0 bridgehead atoms. The van der Waals surface area contributed by atoms with Gasteiger partial charge in [-0.05, 0) is 36.6 Å². The van der Waals surface area contributed by atoms with Gasteiger partial charge in [0.05, 0.1) is 6.54 Å². The normalized spacial score (nSPS) is 18.3. The van der Waals surface area contributed by atoms with Crippen LogP contribution in [0.25, 0.3) is 0 Å². The van der Waals surface area contributed by atoms with Gasteiger partial charge in [0.25, 0.3) is 11.8 Å². The molecule has 4 amide bonds. The van der Waals surface area contributed by atoms with Crippen molar-refractivity contribution in [1.29, 1.82) is 0 Å². The van der Waals surface area contributed by atoms with Gasteiger partial charge < -0.3 is 10.2 Å². The van der Waals surface area contributed by atoms with Gasteiger partial charge in [0.15, 0.2) is 11.6 Å². The Kier molecular flexibility index (Phi) is 4.77. The van der Waals surface area contributed by atoms with Gasteiger partial charge in [-0.15, -0.1) is 0 Å². The molecule has 1 spiro atoms. The fraction of sp³-hybridized carbons (Fsp3) is 0.286. The third-order valence-electron chi connectivity index (χ3n) is 5.50. The fourth-order valence-corrected chi connectivity index (χ4v) is 3.83. The third-order valence-corrected chi connectivity index (χ3v) is 5.50. The van der Waals surface area contributed by atoms with E-state index in [0.29, 0.717) is 0 Å². The lowest BCUT2D eigenvalue weighted by Crippen LogP contribution is -2.55. The molecule has 29 heavy (non-hydrogen) atoms. The molecule has 6 nitrogen and oxygen atoms in total. The smallest absolute Gasteiger partial charge is 0.325 e. The molecule has 0 radical (unpaired) electrons. The van der Waals surface area contributed by atoms with E-state index in [-0.39, 0.29) is 43.9 Å². The van der Waals surface area contributed by atoms with Crippen molar-refractivity contribution in [2.24, 2.45) is 0 Å². The van der Waals surface area contributed by atoms with E-state index >= 15 is 0 Å². The summed E-state index contributed by atoms with van der Waals surface area (Å²) in [7, 11) is 0. The zero-order chi connectivity index (χ0) is 20.6. The first-order valence-electron chi connectivity index (χ1n) is 9.32. The van der Waals surface area contributed by atoms with E-state index in [0.717, 1.165) is 17.7 Å². The first-order valence-corrected chi connectivity index (χ1v) is 9.32. The Balaban J connectivity index is 1.44. The monoisotopic (exact) mass is 399 g/mol. The molecule has 2 saturated heterocycles. The van der Waals surface area contributed by atoms with E-state index in [2.05, 4.69) is 5.32 Å². The maximum atomic E-state index is 13.4. The highest BCUT2D eigenvalue weighted by molar-refractivity contribution is 6.07. The number of carbonyl (C=O) groups is 3. The zero-order valence-electron chi connectivity index (χ0n) is 15.5. The number of benzene rings is 2. The Morgan fingerprint density at radius 1 is 1.00 bits per heavy atom. The second-order valence-electron chi connectivity index (χ2n) is 7.31. The molecule has 2 aromatic carbocycles. The van der Waals surface area contributed by atoms with Crippen LogP contribution in [0.15, 0.2) is 48.5 Å². The molecule has 2 aliphatic rings. The van der Waals surface area contributed by atoms with Gasteiger partial charge in [-0.3, -0.25) is 14.5 Å². The van der Waals surface area contributed by atoms with Crippen LogP contribution in [0.4, 0.5) is 13.6 Å². The predicted molar refractivity (Wildman–Crippen MR) is 99.8 cm³/mol. The maximum Gasteiger partial charge on any atom is 0.325 e. The molecule has 4 rings (SSSR count). The quantitative estimate of drug-likeness (QED) is 0.807. The lowest BCUT2D eigenvalue weighted by Gasteiger charge is -2.37. The molecule has 8 heteroatoms. The third kappa shape index (κ3) is 3.46. The van der Waals surface area contributed by atoms with E-state index < -0.39 is 29.1 Å². The van der Waals surface area contributed by atoms with E-state index in [1.807, 2.05) is 30.3 Å². The van der Waals surface area contributed by atoms with Gasteiger partial charge in [0, 0.05) is 18.7 Å². The van der Waals surface area contributed by atoms with Crippen molar-refractivity contribution < 1.29 is 23.2 Å². The van der Waals surface area contributed by atoms with E-state index in [1.165, 1.54) is 15.9 Å². The summed E-state index contributed by atoms with van der Waals surface area (Å²) in [5.41, 5.74) is -0.136. The number of urea groups is 1. The number of piperidine rings is 1. The number of halogens is 2. The number of nitrogens with zero attached hydrogens (tertiary/aromatic N) is 2. The standard InChI is InChI=1S/C21H19F2N3O3/c22-16-7-6-15(12-17(16)23)18(27)25-10-8-21(9-11-25)19(28)26(20(29)24-21)13-14-4-2-1-3-5-14/h1-7,12H,8-11,13H2,(H,24,29). The second kappa shape index (κ2) is 7.27. The van der Waals surface area contributed by atoms with E-state index in [1.54, 1.807) is 0 Å². The first-order chi connectivity index (χ1) is 13.9. The van der Waals surface area contributed by atoms with Crippen LogP contribution in [-0.2, 0) is 11.3 Å². The minimum absolute atomic E-state index is 0.0485. The summed E-state index contributed by atoms with van der Waals surface area (Å²) in [5, 5.41) is 2.80. The summed E-state index contributed by atoms with van der Waals surface area (Å²) in [6.45, 7) is 0.636. The van der Waals surface area contributed by atoms with Crippen LogP contribution in [0.2, 0.25) is 0 Å². The molecule has 2 aliphatic heterocycles. The molecular formula is C21H19F2N3O3. The average molecular weight is 399 g/mol. The van der Waals surface area contributed by atoms with Gasteiger partial charge in [0.1, 0.15) is 5.54 Å². The number of nitrogens with one attached hydrogen (secondary N) is 1. The molecule has 2 heterocycles. The van der Waals surface area contributed by atoms with E-state index in [4.69, 9.17) is 0 Å². The summed E-state index contributed by atoms with van der Waals surface area (Å²) in [5.74, 6) is -2.83. The average Bonchev–Trinajstić information content (AvgIpc) is 2.95. The summed E-state index contributed by atoms with van der Waals surface area (Å²) in [6.07, 6.45) is 0.524. The molecule has 2 fully saturated rings. The highest BCUT2D eigenvalue weighted by atomic mass is 19.2. The summed E-state index contributed by atoms with van der Waals surface area (Å²) in [6, 6.07) is 11.8. The molecule has 0 aromatic heterocycles. The van der Waals surface area contributed by atoms with Crippen molar-refractivity contribution in [2.75, 3.05) is 13.1 Å². The molecule has 2 aromatic rings. The second-order valence-corrected chi connectivity index (χ2v) is 7.31. The number of rotatable bonds is 3. The van der Waals surface area contributed by atoms with Crippen LogP contribution in [0.3, 0.4) is 0 Å². The maximum absolute atomic E-state index is 13.4. The van der Waals surface area contributed by atoms with Crippen molar-refractivity contribution >= 4 is 17.8 Å². The van der Waals surface area contributed by atoms with E-state index in [9.17, 15) is 23.2 Å². The summed E-state index contributed by atoms with van der Waals surface area (Å²) in [4.78, 5) is 40.6. The highest BCUT2D eigenvalue weighted by Crippen LogP contribution is 2.31. The SMILES string of the molecule is O=C(c1ccc(F)c(F)c1)N1CCC2(CC1)NC(=O)N(Cc1ccccc1)C2=O. The van der Waals surface area contributed by atoms with Crippen LogP contribution in [0.1, 0.15) is 28.8 Å². The Hall–Kier alpha value is -3.29. The predicted octanol–water partition coefficient (Wildman–Crippen LogP) is 2.69. The van der Waals surface area contributed by atoms with Crippen molar-refractivity contribution in [3.05, 3.63) is 71.3 Å². The molecule has 1 N–H and O–H groups in total. The molecule has 0 aliphatic carbocycles. The zero-order valence-corrected chi connectivity index (χ0v) is 15.5. The molecule has 0 atom stereocenters. The minimum Gasteiger partial charge on any atom is -0.338 e. The Bertz CT molecular complexity index is 972. The number of amides is 4. The Morgan fingerprint density at radius 2 is 1.69 bits per heavy atom. The van der Waals surface area contributed by atoms with Gasteiger partial charge in [0.2, 0.25) is 0 Å². The number of hydrogen-bond acceptors (Lipinski definition) is 3. The first kappa shape index (κ1) is 19.0. The van der Waals surface area contributed by atoms with Crippen molar-refractivity contribution in [3.8, 4) is 0 Å².